The molecule has 0 amide bonds. The average molecular weight is 469 g/mol. The lowest BCUT2D eigenvalue weighted by Crippen LogP contribution is -2.34. The van der Waals surface area contributed by atoms with Crippen molar-refractivity contribution in [3.8, 4) is 17.2 Å². The second-order valence-corrected chi connectivity index (χ2v) is 8.43. The number of aromatic nitrogens is 2. The fraction of sp³-hybridized carbons (Fsp3) is 0.440. The van der Waals surface area contributed by atoms with E-state index in [1.807, 2.05) is 39.0 Å². The molecule has 182 valence electrons. The number of ether oxygens (including phenoxy) is 3. The number of carboxylic acid groups (broad SMARTS) is 1. The molecule has 0 bridgehead atoms. The summed E-state index contributed by atoms with van der Waals surface area (Å²) in [5.74, 6) is 2.54. The second-order valence-electron chi connectivity index (χ2n) is 8.43. The van der Waals surface area contributed by atoms with Crippen LogP contribution in [0.25, 0.3) is 11.0 Å². The number of hydrogen-bond acceptors (Lipinski definition) is 7. The third kappa shape index (κ3) is 5.04. The maximum Gasteiger partial charge on any atom is 0.511 e. The standard InChI is InChI=1S/C25H32N4O5/c1-4-32-22-12-17(13-23(24(22)26)33-5-2)15-28-10-8-18(9-11-28)29-16(3)27-20-14-19(34-25(30)31)6-7-21(20)29/h6-7,12-14,18H,4-5,8-11,15,26H2,1-3H3,(H,30,31). The van der Waals surface area contributed by atoms with Crippen molar-refractivity contribution in [1.82, 2.24) is 14.5 Å². The SMILES string of the molecule is CCOc1cc(CN2CCC(n3c(C)nc4cc(OC(=O)O)ccc43)CC2)cc(OCC)c1N. The van der Waals surface area contributed by atoms with Crippen LogP contribution in [0.3, 0.4) is 0 Å². The van der Waals surface area contributed by atoms with E-state index in [0.29, 0.717) is 36.4 Å². The van der Waals surface area contributed by atoms with Gasteiger partial charge in [-0.3, -0.25) is 4.90 Å². The van der Waals surface area contributed by atoms with E-state index in [9.17, 15) is 4.79 Å². The molecule has 0 spiro atoms. The van der Waals surface area contributed by atoms with Gasteiger partial charge in [0.05, 0.1) is 24.2 Å². The largest absolute Gasteiger partial charge is 0.511 e. The maximum atomic E-state index is 10.8. The van der Waals surface area contributed by atoms with Crippen LogP contribution in [-0.4, -0.2) is 52.0 Å². The van der Waals surface area contributed by atoms with Crippen molar-refractivity contribution >= 4 is 22.9 Å². The molecule has 34 heavy (non-hydrogen) atoms. The Kier molecular flexibility index (Phi) is 7.12. The van der Waals surface area contributed by atoms with Crippen molar-refractivity contribution in [3.05, 3.63) is 41.7 Å². The monoisotopic (exact) mass is 468 g/mol. The summed E-state index contributed by atoms with van der Waals surface area (Å²) < 4.78 is 18.5. The number of fused-ring (bicyclic) bond motifs is 1. The number of aryl methyl sites for hydroxylation is 1. The summed E-state index contributed by atoms with van der Waals surface area (Å²) >= 11 is 0. The summed E-state index contributed by atoms with van der Waals surface area (Å²) in [6, 6.07) is 9.59. The van der Waals surface area contributed by atoms with Gasteiger partial charge >= 0.3 is 6.16 Å². The fourth-order valence-electron chi connectivity index (χ4n) is 4.71. The topological polar surface area (TPSA) is 112 Å². The minimum Gasteiger partial charge on any atom is -0.492 e. The Balaban J connectivity index is 1.46. The highest BCUT2D eigenvalue weighted by atomic mass is 16.7. The summed E-state index contributed by atoms with van der Waals surface area (Å²) in [7, 11) is 0. The van der Waals surface area contributed by atoms with Crippen LogP contribution in [0.1, 0.15) is 44.1 Å². The number of nitrogens with two attached hydrogens (primary N) is 1. The van der Waals surface area contributed by atoms with E-state index in [2.05, 4.69) is 14.5 Å². The second kappa shape index (κ2) is 10.2. The first-order valence-electron chi connectivity index (χ1n) is 11.7. The lowest BCUT2D eigenvalue weighted by Gasteiger charge is -2.33. The highest BCUT2D eigenvalue weighted by Gasteiger charge is 2.24. The predicted octanol–water partition coefficient (Wildman–Crippen LogP) is 4.62. The number of piperidine rings is 1. The van der Waals surface area contributed by atoms with Crippen LogP contribution in [0.5, 0.6) is 17.2 Å². The molecule has 0 radical (unpaired) electrons. The fourth-order valence-corrected chi connectivity index (χ4v) is 4.71. The summed E-state index contributed by atoms with van der Waals surface area (Å²) in [5.41, 5.74) is 9.62. The number of likely N-dealkylation sites (tertiary alicyclic amines) is 1. The van der Waals surface area contributed by atoms with Crippen LogP contribution in [0.4, 0.5) is 10.5 Å². The van der Waals surface area contributed by atoms with Gasteiger partial charge in [-0.15, -0.1) is 0 Å². The van der Waals surface area contributed by atoms with Gasteiger partial charge in [0.25, 0.3) is 0 Å². The zero-order valence-electron chi connectivity index (χ0n) is 19.9. The van der Waals surface area contributed by atoms with Crippen LogP contribution in [0.15, 0.2) is 30.3 Å². The summed E-state index contributed by atoms with van der Waals surface area (Å²) in [6.45, 7) is 9.66. The molecule has 0 aliphatic carbocycles. The first-order valence-corrected chi connectivity index (χ1v) is 11.7. The molecule has 1 aliphatic rings. The minimum atomic E-state index is -1.33. The molecule has 1 fully saturated rings. The number of imidazole rings is 1. The van der Waals surface area contributed by atoms with Crippen molar-refractivity contribution in [1.29, 1.82) is 0 Å². The van der Waals surface area contributed by atoms with Gasteiger partial charge in [-0.2, -0.15) is 0 Å². The van der Waals surface area contributed by atoms with Crippen molar-refractivity contribution in [2.75, 3.05) is 32.0 Å². The van der Waals surface area contributed by atoms with Crippen molar-refractivity contribution in [2.45, 2.75) is 46.2 Å². The van der Waals surface area contributed by atoms with Gasteiger partial charge in [-0.05, 0) is 63.4 Å². The molecule has 1 saturated heterocycles. The summed E-state index contributed by atoms with van der Waals surface area (Å²) in [4.78, 5) is 17.9. The van der Waals surface area contributed by atoms with Gasteiger partial charge in [0.1, 0.15) is 28.8 Å². The molecule has 9 nitrogen and oxygen atoms in total. The molecule has 1 aliphatic heterocycles. The molecule has 1 aromatic heterocycles. The molecule has 2 heterocycles. The van der Waals surface area contributed by atoms with Gasteiger partial charge in [-0.1, -0.05) is 0 Å². The van der Waals surface area contributed by atoms with E-state index in [1.54, 1.807) is 12.1 Å². The Morgan fingerprint density at radius 3 is 2.35 bits per heavy atom. The van der Waals surface area contributed by atoms with E-state index < -0.39 is 6.16 Å². The molecule has 4 rings (SSSR count). The van der Waals surface area contributed by atoms with Gasteiger partial charge in [-0.25, -0.2) is 9.78 Å². The normalized spacial score (nSPS) is 14.9. The molecule has 0 saturated carbocycles. The molecule has 2 aromatic carbocycles. The van der Waals surface area contributed by atoms with Gasteiger partial charge in [0.2, 0.25) is 0 Å². The summed E-state index contributed by atoms with van der Waals surface area (Å²) in [6.07, 6.45) is 0.655. The number of nitrogen functional groups attached to an aromatic ring is 1. The maximum absolute atomic E-state index is 10.8. The van der Waals surface area contributed by atoms with Gasteiger partial charge < -0.3 is 29.6 Å². The average Bonchev–Trinajstić information content (AvgIpc) is 3.12. The number of rotatable bonds is 8. The third-order valence-electron chi connectivity index (χ3n) is 6.13. The van der Waals surface area contributed by atoms with Crippen molar-refractivity contribution in [2.24, 2.45) is 0 Å². The number of benzene rings is 2. The Hall–Kier alpha value is -3.46. The third-order valence-corrected chi connectivity index (χ3v) is 6.13. The van der Waals surface area contributed by atoms with Crippen LogP contribution in [-0.2, 0) is 6.54 Å². The highest BCUT2D eigenvalue weighted by Crippen LogP contribution is 2.35. The smallest absolute Gasteiger partial charge is 0.492 e. The first kappa shape index (κ1) is 23.7. The minimum absolute atomic E-state index is 0.279. The number of nitrogens with zero attached hydrogens (tertiary/aromatic N) is 3. The molecular formula is C25H32N4O5. The van der Waals surface area contributed by atoms with E-state index in [1.165, 1.54) is 0 Å². The quantitative estimate of drug-likeness (QED) is 0.280. The molecule has 3 aromatic rings. The Labute approximate surface area is 199 Å². The highest BCUT2D eigenvalue weighted by molar-refractivity contribution is 5.79. The van der Waals surface area contributed by atoms with Gasteiger partial charge in [0.15, 0.2) is 0 Å². The molecule has 3 N–H and O–H groups in total. The molecule has 0 unspecified atom stereocenters. The van der Waals surface area contributed by atoms with E-state index in [4.69, 9.17) is 25.1 Å². The lowest BCUT2D eigenvalue weighted by molar-refractivity contribution is 0.144. The number of carbonyl (C=O) groups is 1. The van der Waals surface area contributed by atoms with Crippen molar-refractivity contribution in [3.63, 3.8) is 0 Å². The zero-order chi connectivity index (χ0) is 24.2. The summed E-state index contributed by atoms with van der Waals surface area (Å²) in [5, 5.41) is 8.86. The van der Waals surface area contributed by atoms with Crippen molar-refractivity contribution < 1.29 is 24.1 Å². The van der Waals surface area contributed by atoms with Crippen LogP contribution in [0.2, 0.25) is 0 Å². The lowest BCUT2D eigenvalue weighted by atomic mass is 10.0. The molecular weight excluding hydrogens is 436 g/mol. The van der Waals surface area contributed by atoms with Crippen LogP contribution < -0.4 is 19.9 Å². The van der Waals surface area contributed by atoms with Crippen LogP contribution in [0, 0.1) is 6.92 Å². The number of hydrogen-bond donors (Lipinski definition) is 2. The number of anilines is 1. The molecule has 9 heteroatoms. The van der Waals surface area contributed by atoms with E-state index in [0.717, 1.165) is 54.9 Å². The Morgan fingerprint density at radius 1 is 1.12 bits per heavy atom. The van der Waals surface area contributed by atoms with Crippen LogP contribution >= 0.6 is 0 Å². The zero-order valence-corrected chi connectivity index (χ0v) is 19.9. The van der Waals surface area contributed by atoms with E-state index >= 15 is 0 Å². The Morgan fingerprint density at radius 2 is 1.76 bits per heavy atom. The molecule has 0 atom stereocenters. The predicted molar refractivity (Wildman–Crippen MR) is 130 cm³/mol. The van der Waals surface area contributed by atoms with Gasteiger partial charge in [0, 0.05) is 31.7 Å². The first-order chi connectivity index (χ1) is 16.4. The Bertz CT molecular complexity index is 1140. The van der Waals surface area contributed by atoms with E-state index in [-0.39, 0.29) is 5.75 Å².